The van der Waals surface area contributed by atoms with Crippen molar-refractivity contribution in [3.63, 3.8) is 0 Å². The zero-order chi connectivity index (χ0) is 15.1. The molecule has 21 heavy (non-hydrogen) atoms. The monoisotopic (exact) mass is 285 g/mol. The van der Waals surface area contributed by atoms with Crippen molar-refractivity contribution in [2.24, 2.45) is 0 Å². The van der Waals surface area contributed by atoms with Gasteiger partial charge >= 0.3 is 0 Å². The van der Waals surface area contributed by atoms with Crippen molar-refractivity contribution in [3.05, 3.63) is 65.2 Å². The Labute approximate surface area is 124 Å². The van der Waals surface area contributed by atoms with Crippen molar-refractivity contribution in [1.29, 1.82) is 0 Å². The second-order valence-electron chi connectivity index (χ2n) is 4.66. The molecule has 1 amide bonds. The van der Waals surface area contributed by atoms with Crippen LogP contribution in [0.2, 0.25) is 0 Å². The van der Waals surface area contributed by atoms with Gasteiger partial charge in [-0.1, -0.05) is 24.3 Å². The molecule has 0 spiro atoms. The lowest BCUT2D eigenvalue weighted by molar-refractivity contribution is 0.0950. The molecule has 1 N–H and O–H groups in total. The average molecular weight is 285 g/mol. The molecule has 2 rings (SSSR count). The topological polar surface area (TPSA) is 47.6 Å². The summed E-state index contributed by atoms with van der Waals surface area (Å²) >= 11 is 0. The minimum atomic E-state index is -0.0956. The van der Waals surface area contributed by atoms with E-state index in [0.717, 1.165) is 16.9 Å². The molecule has 4 heteroatoms. The fourth-order valence-electron chi connectivity index (χ4n) is 1.99. The van der Waals surface area contributed by atoms with E-state index in [4.69, 9.17) is 9.47 Å². The summed E-state index contributed by atoms with van der Waals surface area (Å²) in [6.45, 7) is 1.02. The van der Waals surface area contributed by atoms with Gasteiger partial charge in [-0.25, -0.2) is 0 Å². The third-order valence-corrected chi connectivity index (χ3v) is 3.11. The number of benzene rings is 2. The maximum atomic E-state index is 12.1. The van der Waals surface area contributed by atoms with Crippen molar-refractivity contribution in [3.8, 4) is 5.75 Å². The molecular formula is C17H19NO3. The number of rotatable bonds is 6. The summed E-state index contributed by atoms with van der Waals surface area (Å²) in [5.74, 6) is 0.687. The van der Waals surface area contributed by atoms with Gasteiger partial charge in [0, 0.05) is 19.2 Å². The van der Waals surface area contributed by atoms with Crippen LogP contribution in [0.1, 0.15) is 21.5 Å². The lowest BCUT2D eigenvalue weighted by Crippen LogP contribution is -2.22. The van der Waals surface area contributed by atoms with Crippen molar-refractivity contribution < 1.29 is 14.3 Å². The van der Waals surface area contributed by atoms with Crippen LogP contribution in [-0.4, -0.2) is 20.1 Å². The SMILES string of the molecule is COCc1ccc(C(=O)NCc2cccc(OC)c2)cc1. The summed E-state index contributed by atoms with van der Waals surface area (Å²) < 4.78 is 10.2. The fourth-order valence-corrected chi connectivity index (χ4v) is 1.99. The van der Waals surface area contributed by atoms with Crippen LogP contribution in [0, 0.1) is 0 Å². The van der Waals surface area contributed by atoms with E-state index in [1.807, 2.05) is 36.4 Å². The van der Waals surface area contributed by atoms with Crippen LogP contribution in [0.4, 0.5) is 0 Å². The number of amides is 1. The van der Waals surface area contributed by atoms with E-state index in [0.29, 0.717) is 18.7 Å². The maximum Gasteiger partial charge on any atom is 0.251 e. The lowest BCUT2D eigenvalue weighted by atomic mass is 10.1. The largest absolute Gasteiger partial charge is 0.497 e. The first kappa shape index (κ1) is 15.1. The molecule has 0 aromatic heterocycles. The van der Waals surface area contributed by atoms with Gasteiger partial charge in [-0.05, 0) is 35.4 Å². The van der Waals surface area contributed by atoms with E-state index in [1.54, 1.807) is 26.4 Å². The van der Waals surface area contributed by atoms with E-state index in [-0.39, 0.29) is 5.91 Å². The van der Waals surface area contributed by atoms with Crippen LogP contribution < -0.4 is 10.1 Å². The summed E-state index contributed by atoms with van der Waals surface area (Å²) in [4.78, 5) is 12.1. The Morgan fingerprint density at radius 3 is 2.48 bits per heavy atom. The van der Waals surface area contributed by atoms with Crippen LogP contribution in [0.3, 0.4) is 0 Å². The highest BCUT2D eigenvalue weighted by molar-refractivity contribution is 5.94. The third kappa shape index (κ3) is 4.33. The minimum Gasteiger partial charge on any atom is -0.497 e. The molecule has 2 aromatic carbocycles. The van der Waals surface area contributed by atoms with Gasteiger partial charge in [-0.3, -0.25) is 4.79 Å². The Balaban J connectivity index is 1.94. The second kappa shape index (κ2) is 7.45. The van der Waals surface area contributed by atoms with Crippen molar-refractivity contribution >= 4 is 5.91 Å². The van der Waals surface area contributed by atoms with Gasteiger partial charge in [0.05, 0.1) is 13.7 Å². The van der Waals surface area contributed by atoms with Crippen LogP contribution >= 0.6 is 0 Å². The molecule has 0 atom stereocenters. The highest BCUT2D eigenvalue weighted by atomic mass is 16.5. The van der Waals surface area contributed by atoms with Crippen LogP contribution in [-0.2, 0) is 17.9 Å². The molecule has 0 heterocycles. The Morgan fingerprint density at radius 1 is 1.05 bits per heavy atom. The van der Waals surface area contributed by atoms with Gasteiger partial charge in [-0.2, -0.15) is 0 Å². The van der Waals surface area contributed by atoms with Gasteiger partial charge < -0.3 is 14.8 Å². The molecule has 0 fully saturated rings. The quantitative estimate of drug-likeness (QED) is 0.887. The van der Waals surface area contributed by atoms with Gasteiger partial charge in [0.25, 0.3) is 5.91 Å². The van der Waals surface area contributed by atoms with E-state index in [1.165, 1.54) is 0 Å². The molecule has 0 aliphatic rings. The Kier molecular flexibility index (Phi) is 5.35. The molecule has 0 aliphatic carbocycles. The molecule has 0 saturated carbocycles. The van der Waals surface area contributed by atoms with Crippen molar-refractivity contribution in [2.45, 2.75) is 13.2 Å². The highest BCUT2D eigenvalue weighted by Gasteiger charge is 2.05. The highest BCUT2D eigenvalue weighted by Crippen LogP contribution is 2.12. The Bertz CT molecular complexity index is 593. The van der Waals surface area contributed by atoms with Gasteiger partial charge in [-0.15, -0.1) is 0 Å². The first-order chi connectivity index (χ1) is 10.2. The average Bonchev–Trinajstić information content (AvgIpc) is 2.54. The summed E-state index contributed by atoms with van der Waals surface area (Å²) in [5, 5.41) is 2.89. The molecule has 0 saturated heterocycles. The van der Waals surface area contributed by atoms with Gasteiger partial charge in [0.2, 0.25) is 0 Å². The molecular weight excluding hydrogens is 266 g/mol. The molecule has 0 aliphatic heterocycles. The summed E-state index contributed by atoms with van der Waals surface area (Å²) in [7, 11) is 3.27. The Hall–Kier alpha value is -2.33. The number of methoxy groups -OCH3 is 2. The molecule has 4 nitrogen and oxygen atoms in total. The normalized spacial score (nSPS) is 10.2. The predicted octanol–water partition coefficient (Wildman–Crippen LogP) is 2.77. The second-order valence-corrected chi connectivity index (χ2v) is 4.66. The zero-order valence-corrected chi connectivity index (χ0v) is 12.3. The van der Waals surface area contributed by atoms with Gasteiger partial charge in [0.1, 0.15) is 5.75 Å². The number of nitrogens with one attached hydrogen (secondary N) is 1. The van der Waals surface area contributed by atoms with E-state index >= 15 is 0 Å². The standard InChI is InChI=1S/C17H19NO3/c1-20-12-13-6-8-15(9-7-13)17(19)18-11-14-4-3-5-16(10-14)21-2/h3-10H,11-12H2,1-2H3,(H,18,19). The van der Waals surface area contributed by atoms with Crippen LogP contribution in [0.25, 0.3) is 0 Å². The zero-order valence-electron chi connectivity index (χ0n) is 12.3. The molecule has 0 radical (unpaired) electrons. The summed E-state index contributed by atoms with van der Waals surface area (Å²) in [5.41, 5.74) is 2.68. The first-order valence-corrected chi connectivity index (χ1v) is 6.72. The fraction of sp³-hybridized carbons (Fsp3) is 0.235. The molecule has 0 bridgehead atoms. The number of carbonyl (C=O) groups excluding carboxylic acids is 1. The Morgan fingerprint density at radius 2 is 1.81 bits per heavy atom. The van der Waals surface area contributed by atoms with E-state index < -0.39 is 0 Å². The molecule has 2 aromatic rings. The van der Waals surface area contributed by atoms with E-state index in [2.05, 4.69) is 5.32 Å². The van der Waals surface area contributed by atoms with Crippen LogP contribution in [0.15, 0.2) is 48.5 Å². The smallest absolute Gasteiger partial charge is 0.251 e. The number of hydrogen-bond donors (Lipinski definition) is 1. The van der Waals surface area contributed by atoms with Crippen molar-refractivity contribution in [2.75, 3.05) is 14.2 Å². The van der Waals surface area contributed by atoms with Gasteiger partial charge in [0.15, 0.2) is 0 Å². The predicted molar refractivity (Wildman–Crippen MR) is 81.3 cm³/mol. The summed E-state index contributed by atoms with van der Waals surface area (Å²) in [6.07, 6.45) is 0. The van der Waals surface area contributed by atoms with Crippen molar-refractivity contribution in [1.82, 2.24) is 5.32 Å². The first-order valence-electron chi connectivity index (χ1n) is 6.72. The summed E-state index contributed by atoms with van der Waals surface area (Å²) in [6, 6.07) is 15.0. The number of hydrogen-bond acceptors (Lipinski definition) is 3. The maximum absolute atomic E-state index is 12.1. The third-order valence-electron chi connectivity index (χ3n) is 3.11. The minimum absolute atomic E-state index is 0.0956. The molecule has 110 valence electrons. The lowest BCUT2D eigenvalue weighted by Gasteiger charge is -2.07. The van der Waals surface area contributed by atoms with Crippen LogP contribution in [0.5, 0.6) is 5.75 Å². The number of carbonyl (C=O) groups is 1. The molecule has 0 unspecified atom stereocenters. The van der Waals surface area contributed by atoms with E-state index in [9.17, 15) is 4.79 Å². The number of ether oxygens (including phenoxy) is 2.